The van der Waals surface area contributed by atoms with Crippen molar-refractivity contribution in [3.8, 4) is 5.75 Å². The van der Waals surface area contributed by atoms with E-state index in [1.807, 2.05) is 0 Å². The van der Waals surface area contributed by atoms with E-state index in [0.29, 0.717) is 24.5 Å². The molecule has 0 spiro atoms. The Labute approximate surface area is 349 Å². The number of aliphatic imine (C=N–C) groups is 1. The molecule has 0 aliphatic carbocycles. The zero-order valence-corrected chi connectivity index (χ0v) is 33.0. The summed E-state index contributed by atoms with van der Waals surface area (Å²) in [6.45, 7) is -0.0633. The van der Waals surface area contributed by atoms with Gasteiger partial charge in [-0.05, 0) is 62.4 Å². The fourth-order valence-electron chi connectivity index (χ4n) is 6.67. The monoisotopic (exact) mass is 847 g/mol. The van der Waals surface area contributed by atoms with Crippen LogP contribution in [-0.4, -0.2) is 105 Å². The van der Waals surface area contributed by atoms with Crippen LogP contribution >= 0.6 is 0 Å². The number of aliphatic carboxylic acids is 1. The second-order valence-corrected chi connectivity index (χ2v) is 14.1. The molecule has 0 bridgehead atoms. The lowest BCUT2D eigenvalue weighted by Crippen LogP contribution is -2.58. The van der Waals surface area contributed by atoms with Crippen LogP contribution in [0.4, 0.5) is 17.1 Å². The van der Waals surface area contributed by atoms with Gasteiger partial charge in [-0.3, -0.25) is 44.4 Å². The molecule has 1 fully saturated rings. The van der Waals surface area contributed by atoms with E-state index in [4.69, 9.17) is 27.7 Å². The van der Waals surface area contributed by atoms with Gasteiger partial charge < -0.3 is 53.6 Å². The summed E-state index contributed by atoms with van der Waals surface area (Å²) in [5, 5.41) is 41.2. The van der Waals surface area contributed by atoms with Gasteiger partial charge in [0, 0.05) is 31.1 Å². The molecule has 12 N–H and O–H groups in total. The number of carboxylic acid groups (broad SMARTS) is 1. The van der Waals surface area contributed by atoms with Crippen LogP contribution < -0.4 is 43.6 Å². The smallest absolute Gasteiger partial charge is 0.326 e. The minimum absolute atomic E-state index is 0.00378. The number of hydrogen-bond acceptors (Lipinski definition) is 13. The number of nitrogens with zero attached hydrogens (tertiary/aromatic N) is 4. The SMILES string of the molecule is NCCCC[C@H](NC(=O)[C@H](CCCN=C(N)N)NC(=O)[C@H](Cc1ccccc1)NC(=O)c1ccccc1N)C(=O)N1CC(Oc2ccc([N+](=O)[O-])cc2[N+](=O)[O-])C[C@H]1C(=O)O. The molecule has 1 heterocycles. The molecule has 0 saturated carbocycles. The van der Waals surface area contributed by atoms with Gasteiger partial charge in [-0.2, -0.15) is 0 Å². The maximum absolute atomic E-state index is 14.2. The third kappa shape index (κ3) is 13.3. The topological polar surface area (TPSA) is 357 Å². The largest absolute Gasteiger partial charge is 0.482 e. The van der Waals surface area contributed by atoms with Gasteiger partial charge in [0.05, 0.1) is 28.0 Å². The van der Waals surface area contributed by atoms with Crippen molar-refractivity contribution in [2.75, 3.05) is 25.4 Å². The zero-order chi connectivity index (χ0) is 44.6. The molecule has 1 aliphatic rings. The van der Waals surface area contributed by atoms with Crippen LogP contribution in [0.25, 0.3) is 0 Å². The Hall–Kier alpha value is -7.36. The van der Waals surface area contributed by atoms with Crippen LogP contribution in [0.1, 0.15) is 54.4 Å². The molecule has 22 nitrogen and oxygen atoms in total. The number of carbonyl (C=O) groups is 5. The Morgan fingerprint density at radius 2 is 1.51 bits per heavy atom. The van der Waals surface area contributed by atoms with Crippen LogP contribution in [0.3, 0.4) is 0 Å². The highest BCUT2D eigenvalue weighted by atomic mass is 16.6. The molecule has 0 radical (unpaired) electrons. The maximum atomic E-state index is 14.2. The minimum Gasteiger partial charge on any atom is -0.482 e. The number of hydrogen-bond donors (Lipinski definition) is 8. The van der Waals surface area contributed by atoms with Gasteiger partial charge in [0.2, 0.25) is 17.7 Å². The van der Waals surface area contributed by atoms with Crippen molar-refractivity contribution in [2.45, 2.75) is 75.2 Å². The lowest BCUT2D eigenvalue weighted by Gasteiger charge is -2.29. The summed E-state index contributed by atoms with van der Waals surface area (Å²) in [6.07, 6.45) is -0.497. The number of nitrogens with one attached hydrogen (secondary N) is 3. The van der Waals surface area contributed by atoms with Crippen molar-refractivity contribution in [3.63, 3.8) is 0 Å². The lowest BCUT2D eigenvalue weighted by atomic mass is 10.0. The number of nitrogen functional groups attached to an aromatic ring is 1. The zero-order valence-electron chi connectivity index (χ0n) is 33.0. The number of carboxylic acids is 1. The summed E-state index contributed by atoms with van der Waals surface area (Å²) in [5.74, 6) is -5.02. The number of para-hydroxylation sites is 1. The molecule has 4 rings (SSSR count). The van der Waals surface area contributed by atoms with Crippen molar-refractivity contribution in [1.82, 2.24) is 20.9 Å². The van der Waals surface area contributed by atoms with Crippen molar-refractivity contribution < 1.29 is 43.7 Å². The number of nitro benzene ring substituents is 2. The third-order valence-corrected chi connectivity index (χ3v) is 9.72. The van der Waals surface area contributed by atoms with Crippen molar-refractivity contribution >= 4 is 52.6 Å². The third-order valence-electron chi connectivity index (χ3n) is 9.72. The molecule has 61 heavy (non-hydrogen) atoms. The van der Waals surface area contributed by atoms with E-state index in [2.05, 4.69) is 20.9 Å². The first-order valence-electron chi connectivity index (χ1n) is 19.3. The molecular weight excluding hydrogens is 798 g/mol. The number of anilines is 1. The number of amides is 4. The fraction of sp³-hybridized carbons (Fsp3) is 0.385. The number of nitro groups is 2. The van der Waals surface area contributed by atoms with E-state index in [0.717, 1.165) is 17.0 Å². The maximum Gasteiger partial charge on any atom is 0.326 e. The van der Waals surface area contributed by atoms with E-state index in [1.165, 1.54) is 12.1 Å². The van der Waals surface area contributed by atoms with E-state index < -0.39 is 81.1 Å². The highest BCUT2D eigenvalue weighted by molar-refractivity contribution is 6.02. The molecule has 0 aromatic heterocycles. The lowest BCUT2D eigenvalue weighted by molar-refractivity contribution is -0.394. The van der Waals surface area contributed by atoms with Crippen LogP contribution in [-0.2, 0) is 25.6 Å². The van der Waals surface area contributed by atoms with Gasteiger partial charge in [0.1, 0.15) is 30.3 Å². The Morgan fingerprint density at radius 1 is 0.852 bits per heavy atom. The van der Waals surface area contributed by atoms with E-state index in [1.54, 1.807) is 42.5 Å². The van der Waals surface area contributed by atoms with Crippen LogP contribution in [0.2, 0.25) is 0 Å². The van der Waals surface area contributed by atoms with Gasteiger partial charge in [-0.25, -0.2) is 4.79 Å². The second-order valence-electron chi connectivity index (χ2n) is 14.1. The number of likely N-dealkylation sites (tertiary alicyclic amines) is 1. The quantitative estimate of drug-likeness (QED) is 0.0172. The van der Waals surface area contributed by atoms with E-state index in [-0.39, 0.29) is 74.7 Å². The summed E-state index contributed by atoms with van der Waals surface area (Å²) in [7, 11) is 0. The Kier molecular flexibility index (Phi) is 16.8. The average Bonchev–Trinajstić information content (AvgIpc) is 3.65. The summed E-state index contributed by atoms with van der Waals surface area (Å²) < 4.78 is 5.77. The highest BCUT2D eigenvalue weighted by Gasteiger charge is 2.44. The summed E-state index contributed by atoms with van der Waals surface area (Å²) >= 11 is 0. The normalized spacial score (nSPS) is 16.0. The molecule has 1 unspecified atom stereocenters. The number of non-ortho nitro benzene ring substituents is 1. The number of ether oxygens (including phenoxy) is 1. The highest BCUT2D eigenvalue weighted by Crippen LogP contribution is 2.34. The molecule has 22 heteroatoms. The summed E-state index contributed by atoms with van der Waals surface area (Å²) in [4.78, 5) is 94.5. The Bertz CT molecular complexity index is 2100. The Morgan fingerprint density at radius 3 is 2.15 bits per heavy atom. The second kappa shape index (κ2) is 22.1. The first-order valence-corrected chi connectivity index (χ1v) is 19.3. The molecule has 326 valence electrons. The fourth-order valence-corrected chi connectivity index (χ4v) is 6.67. The minimum atomic E-state index is -1.49. The van der Waals surface area contributed by atoms with Crippen LogP contribution in [0.15, 0.2) is 77.8 Å². The summed E-state index contributed by atoms with van der Waals surface area (Å²) in [6, 6.07) is 12.4. The first-order chi connectivity index (χ1) is 29.1. The molecule has 1 aliphatic heterocycles. The van der Waals surface area contributed by atoms with Crippen LogP contribution in [0.5, 0.6) is 5.75 Å². The van der Waals surface area contributed by atoms with Crippen LogP contribution in [0, 0.1) is 20.2 Å². The number of rotatable bonds is 22. The number of nitrogens with two attached hydrogens (primary N) is 4. The Balaban J connectivity index is 1.60. The molecule has 4 amide bonds. The van der Waals surface area contributed by atoms with Crippen molar-refractivity contribution in [3.05, 3.63) is 104 Å². The molecule has 3 aromatic rings. The standard InChI is InChI=1S/C39H49N11O11/c40-17-7-6-13-29(37(54)48-22-25(21-32(48)38(55)56)61-33-16-15-24(49(57)58)20-31(33)50(59)60)46-35(52)28(14-8-18-44-39(42)43)45-36(53)30(19-23-9-2-1-3-10-23)47-34(51)26-11-4-5-12-27(26)41/h1-5,9-12,15-16,20,25,28-30,32H,6-8,13-14,17-19,21-22,40-41H2,(H,45,53)(H,46,52)(H,47,51)(H,55,56)(H4,42,43,44)/t25?,28-,29-,30-,32-/m0/s1. The molecule has 3 aromatic carbocycles. The van der Waals surface area contributed by atoms with Gasteiger partial charge >= 0.3 is 11.7 Å². The number of carbonyl (C=O) groups excluding carboxylic acids is 4. The predicted octanol–water partition coefficient (Wildman–Crippen LogP) is 0.712. The van der Waals surface area contributed by atoms with E-state index in [9.17, 15) is 49.3 Å². The van der Waals surface area contributed by atoms with Gasteiger partial charge in [-0.1, -0.05) is 42.5 Å². The van der Waals surface area contributed by atoms with Gasteiger partial charge in [-0.15, -0.1) is 0 Å². The van der Waals surface area contributed by atoms with E-state index >= 15 is 0 Å². The molecule has 5 atom stereocenters. The number of unbranched alkanes of at least 4 members (excludes halogenated alkanes) is 1. The summed E-state index contributed by atoms with van der Waals surface area (Å²) in [5.41, 5.74) is 22.4. The number of guanidine groups is 1. The number of benzene rings is 3. The van der Waals surface area contributed by atoms with Gasteiger partial charge in [0.25, 0.3) is 11.6 Å². The van der Waals surface area contributed by atoms with Crippen molar-refractivity contribution in [2.24, 2.45) is 22.2 Å². The average molecular weight is 848 g/mol. The molecule has 1 saturated heterocycles. The van der Waals surface area contributed by atoms with Crippen molar-refractivity contribution in [1.29, 1.82) is 0 Å². The molecular formula is C39H49N11O11. The first kappa shape index (κ1) is 46.3. The predicted molar refractivity (Wildman–Crippen MR) is 221 cm³/mol. The van der Waals surface area contributed by atoms with Gasteiger partial charge in [0.15, 0.2) is 11.7 Å².